The molecule has 27 heavy (non-hydrogen) atoms. The van der Waals surface area contributed by atoms with Crippen LogP contribution in [0.2, 0.25) is 0 Å². The van der Waals surface area contributed by atoms with E-state index in [1.54, 1.807) is 0 Å². The van der Waals surface area contributed by atoms with Crippen LogP contribution in [0.25, 0.3) is 16.7 Å². The van der Waals surface area contributed by atoms with Gasteiger partial charge in [0.1, 0.15) is 11.3 Å². The number of carbonyl (C=O) groups excluding carboxylic acids is 1. The van der Waals surface area contributed by atoms with Crippen molar-refractivity contribution in [1.29, 1.82) is 0 Å². The predicted molar refractivity (Wildman–Crippen MR) is 107 cm³/mol. The molecule has 0 atom stereocenters. The predicted octanol–water partition coefficient (Wildman–Crippen LogP) is 6.40. The van der Waals surface area contributed by atoms with E-state index in [2.05, 4.69) is 10.2 Å². The Morgan fingerprint density at radius 2 is 1.56 bits per heavy atom. The summed E-state index contributed by atoms with van der Waals surface area (Å²) < 4.78 is 6.01. The van der Waals surface area contributed by atoms with Gasteiger partial charge in [-0.2, -0.15) is 5.11 Å². The molecule has 4 heteroatoms. The molecule has 0 amide bonds. The zero-order valence-electron chi connectivity index (χ0n) is 15.1. The molecule has 3 aromatic rings. The number of allylic oxidation sites excluding steroid dienone is 5. The quantitative estimate of drug-likeness (QED) is 0.511. The van der Waals surface area contributed by atoms with Crippen LogP contribution in [0.5, 0.6) is 0 Å². The maximum Gasteiger partial charge on any atom is 0.184 e. The van der Waals surface area contributed by atoms with Crippen molar-refractivity contribution in [3.63, 3.8) is 0 Å². The molecule has 2 aromatic carbocycles. The summed E-state index contributed by atoms with van der Waals surface area (Å²) in [5.74, 6) is 0.663. The van der Waals surface area contributed by atoms with Crippen molar-refractivity contribution in [3.8, 4) is 0 Å². The maximum absolute atomic E-state index is 12.1. The molecule has 0 aliphatic heterocycles. The molecule has 0 radical (unpaired) electrons. The van der Waals surface area contributed by atoms with E-state index in [0.717, 1.165) is 22.2 Å². The van der Waals surface area contributed by atoms with E-state index in [0.29, 0.717) is 22.6 Å². The van der Waals surface area contributed by atoms with Crippen LogP contribution in [-0.2, 0) is 4.79 Å². The fourth-order valence-corrected chi connectivity index (χ4v) is 3.04. The van der Waals surface area contributed by atoms with Crippen molar-refractivity contribution < 1.29 is 9.21 Å². The molecule has 132 valence electrons. The number of hydrogen-bond acceptors (Lipinski definition) is 4. The van der Waals surface area contributed by atoms with Gasteiger partial charge < -0.3 is 4.42 Å². The van der Waals surface area contributed by atoms with Crippen LogP contribution in [0.3, 0.4) is 0 Å². The highest BCUT2D eigenvalue weighted by Crippen LogP contribution is 2.32. The Balaban J connectivity index is 1.89. The van der Waals surface area contributed by atoms with Gasteiger partial charge in [0.2, 0.25) is 0 Å². The number of benzene rings is 2. The molecule has 0 spiro atoms. The van der Waals surface area contributed by atoms with Gasteiger partial charge >= 0.3 is 0 Å². The van der Waals surface area contributed by atoms with Gasteiger partial charge in [-0.3, -0.25) is 4.79 Å². The topological polar surface area (TPSA) is 54.9 Å². The number of hydrogen-bond donors (Lipinski definition) is 0. The van der Waals surface area contributed by atoms with Crippen LogP contribution >= 0.6 is 0 Å². The van der Waals surface area contributed by atoms with Crippen molar-refractivity contribution in [2.75, 3.05) is 0 Å². The summed E-state index contributed by atoms with van der Waals surface area (Å²) >= 11 is 0. The number of rotatable bonds is 3. The Hall–Kier alpha value is -3.53. The molecule has 1 heterocycles. The Kier molecular flexibility index (Phi) is 4.38. The monoisotopic (exact) mass is 354 g/mol. The van der Waals surface area contributed by atoms with E-state index in [4.69, 9.17) is 4.42 Å². The molecule has 0 unspecified atom stereocenters. The Morgan fingerprint density at radius 1 is 0.889 bits per heavy atom. The number of para-hydroxylation sites is 1. The number of furan rings is 1. The van der Waals surface area contributed by atoms with Crippen LogP contribution in [0.4, 0.5) is 5.69 Å². The van der Waals surface area contributed by atoms with E-state index >= 15 is 0 Å². The maximum atomic E-state index is 12.1. The summed E-state index contributed by atoms with van der Waals surface area (Å²) in [6.07, 6.45) is 3.67. The highest BCUT2D eigenvalue weighted by molar-refractivity contribution is 6.10. The second kappa shape index (κ2) is 7.00. The first-order valence-electron chi connectivity index (χ1n) is 8.73. The minimum absolute atomic E-state index is 0.0442. The first-order valence-corrected chi connectivity index (χ1v) is 8.73. The lowest BCUT2D eigenvalue weighted by molar-refractivity contribution is -0.112. The highest BCUT2D eigenvalue weighted by atomic mass is 16.3. The van der Waals surface area contributed by atoms with Crippen molar-refractivity contribution in [2.24, 2.45) is 10.2 Å². The first-order chi connectivity index (χ1) is 13.1. The summed E-state index contributed by atoms with van der Waals surface area (Å²) in [5, 5.41) is 9.84. The number of nitrogens with zero attached hydrogens (tertiary/aromatic N) is 2. The first kappa shape index (κ1) is 16.9. The van der Waals surface area contributed by atoms with Gasteiger partial charge in [0.05, 0.1) is 5.69 Å². The molecule has 0 fully saturated rings. The fourth-order valence-electron chi connectivity index (χ4n) is 3.04. The second-order valence-electron chi connectivity index (χ2n) is 6.47. The van der Waals surface area contributed by atoms with E-state index < -0.39 is 0 Å². The zero-order valence-corrected chi connectivity index (χ0v) is 15.1. The van der Waals surface area contributed by atoms with Crippen molar-refractivity contribution in [3.05, 3.63) is 95.3 Å². The van der Waals surface area contributed by atoms with E-state index in [-0.39, 0.29) is 5.78 Å². The number of fused-ring (bicyclic) bond motifs is 1. The third-order valence-corrected chi connectivity index (χ3v) is 4.41. The molecule has 0 bridgehead atoms. The number of azo groups is 1. The molecule has 1 aliphatic carbocycles. The van der Waals surface area contributed by atoms with Crippen molar-refractivity contribution >= 4 is 28.1 Å². The summed E-state index contributed by atoms with van der Waals surface area (Å²) in [7, 11) is 0. The Labute approximate surface area is 157 Å². The smallest absolute Gasteiger partial charge is 0.184 e. The summed E-state index contributed by atoms with van der Waals surface area (Å²) in [5.41, 5.74) is 4.29. The van der Waals surface area contributed by atoms with Crippen LogP contribution < -0.4 is 0 Å². The van der Waals surface area contributed by atoms with E-state index in [1.165, 1.54) is 0 Å². The van der Waals surface area contributed by atoms with Gasteiger partial charge in [-0.25, -0.2) is 0 Å². The van der Waals surface area contributed by atoms with Crippen LogP contribution in [0.15, 0.2) is 104 Å². The lowest BCUT2D eigenvalue weighted by atomic mass is 9.94. The molecular formula is C23H18N2O2. The molecule has 0 N–H and O–H groups in total. The van der Waals surface area contributed by atoms with Gasteiger partial charge in [-0.1, -0.05) is 36.4 Å². The molecule has 1 aliphatic rings. The lowest BCUT2D eigenvalue weighted by Gasteiger charge is -2.11. The molecule has 1 aromatic heterocycles. The summed E-state index contributed by atoms with van der Waals surface area (Å²) in [4.78, 5) is 12.1. The normalized spacial score (nSPS) is 14.6. The van der Waals surface area contributed by atoms with Gasteiger partial charge in [0, 0.05) is 11.0 Å². The summed E-state index contributed by atoms with van der Waals surface area (Å²) in [6.45, 7) is 3.62. The minimum atomic E-state index is 0.0442. The highest BCUT2D eigenvalue weighted by Gasteiger charge is 2.18. The third-order valence-electron chi connectivity index (χ3n) is 4.41. The molecule has 4 rings (SSSR count). The zero-order chi connectivity index (χ0) is 18.8. The van der Waals surface area contributed by atoms with E-state index in [1.807, 2.05) is 86.7 Å². The number of ketones is 1. The fraction of sp³-hybridized carbons (Fsp3) is 0.0870. The molecular weight excluding hydrogens is 336 g/mol. The van der Waals surface area contributed by atoms with Gasteiger partial charge in [0.15, 0.2) is 11.5 Å². The lowest BCUT2D eigenvalue weighted by Crippen LogP contribution is -2.06. The minimum Gasteiger partial charge on any atom is -0.454 e. The van der Waals surface area contributed by atoms with Gasteiger partial charge in [0.25, 0.3) is 0 Å². The van der Waals surface area contributed by atoms with Crippen LogP contribution in [-0.4, -0.2) is 5.78 Å². The summed E-state index contributed by atoms with van der Waals surface area (Å²) in [6, 6.07) is 19.3. The Morgan fingerprint density at radius 3 is 2.26 bits per heavy atom. The number of Topliss-reactive ketones (excluding diaryl/α,β-unsaturated/α-hetero) is 1. The average Bonchev–Trinajstić information content (AvgIpc) is 3.11. The third kappa shape index (κ3) is 3.42. The van der Waals surface area contributed by atoms with Crippen LogP contribution in [0.1, 0.15) is 19.6 Å². The molecule has 4 nitrogen and oxygen atoms in total. The molecule has 0 saturated carbocycles. The van der Waals surface area contributed by atoms with Crippen molar-refractivity contribution in [2.45, 2.75) is 13.8 Å². The SMILES string of the molecule is CC1=CC(=C(N=Nc2ccccc2)c2cc3ccccc3o2)C=C(C)C1=O. The molecule has 0 saturated heterocycles. The van der Waals surface area contributed by atoms with Crippen molar-refractivity contribution in [1.82, 2.24) is 0 Å². The average molecular weight is 354 g/mol. The standard InChI is InChI=1S/C23H18N2O2/c1-15-12-18(13-16(2)23(15)26)22(25-24-19-9-4-3-5-10-19)21-14-17-8-6-7-11-20(17)27-21/h3-14H,1-2H3. The Bertz CT molecular complexity index is 1090. The van der Waals surface area contributed by atoms with Crippen LogP contribution in [0, 0.1) is 0 Å². The van der Waals surface area contributed by atoms with E-state index in [9.17, 15) is 4.79 Å². The second-order valence-corrected chi connectivity index (χ2v) is 6.47. The van der Waals surface area contributed by atoms with Gasteiger partial charge in [-0.15, -0.1) is 5.11 Å². The number of carbonyl (C=O) groups is 1. The van der Waals surface area contributed by atoms with Gasteiger partial charge in [-0.05, 0) is 61.4 Å². The largest absolute Gasteiger partial charge is 0.454 e.